The number of esters is 2. The third-order valence-electron chi connectivity index (χ3n) is 4.79. The molecule has 0 bridgehead atoms. The molecule has 32 heavy (non-hydrogen) atoms. The van der Waals surface area contributed by atoms with Crippen molar-refractivity contribution < 1.29 is 23.5 Å². The van der Waals surface area contributed by atoms with Crippen molar-refractivity contribution in [1.29, 1.82) is 0 Å². The quantitative estimate of drug-likeness (QED) is 0.453. The van der Waals surface area contributed by atoms with Gasteiger partial charge in [0.25, 0.3) is 0 Å². The zero-order valence-electron chi connectivity index (χ0n) is 17.8. The van der Waals surface area contributed by atoms with Gasteiger partial charge in [0, 0.05) is 11.9 Å². The van der Waals surface area contributed by atoms with Crippen molar-refractivity contribution in [1.82, 2.24) is 19.7 Å². The van der Waals surface area contributed by atoms with Crippen molar-refractivity contribution in [2.75, 3.05) is 12.3 Å². The van der Waals surface area contributed by atoms with Crippen molar-refractivity contribution in [2.24, 2.45) is 0 Å². The largest absolute Gasteiger partial charge is 0.462 e. The molecule has 0 fully saturated rings. The van der Waals surface area contributed by atoms with E-state index in [9.17, 15) is 9.59 Å². The Morgan fingerprint density at radius 1 is 1.06 bits per heavy atom. The minimum absolute atomic E-state index is 0.0416. The van der Waals surface area contributed by atoms with E-state index in [0.29, 0.717) is 11.3 Å². The first-order valence-corrected chi connectivity index (χ1v) is 9.89. The monoisotopic (exact) mass is 435 g/mol. The molecule has 3 heterocycles. The number of nitrogen functional groups attached to an aromatic ring is 1. The minimum atomic E-state index is -0.563. The topological polar surface area (TPSA) is 135 Å². The van der Waals surface area contributed by atoms with Crippen molar-refractivity contribution in [3.8, 4) is 5.69 Å². The molecule has 0 aliphatic rings. The van der Waals surface area contributed by atoms with E-state index in [2.05, 4.69) is 15.1 Å². The molecule has 10 heteroatoms. The third-order valence-corrected chi connectivity index (χ3v) is 4.79. The summed E-state index contributed by atoms with van der Waals surface area (Å²) in [6.45, 7) is 5.25. The van der Waals surface area contributed by atoms with E-state index in [0.717, 1.165) is 11.4 Å². The van der Waals surface area contributed by atoms with Gasteiger partial charge in [0.05, 0.1) is 23.2 Å². The fraction of sp³-hybridized carbons (Fsp3) is 0.227. The molecule has 0 amide bonds. The Morgan fingerprint density at radius 2 is 1.81 bits per heavy atom. The molecule has 1 aromatic carbocycles. The molecule has 164 valence electrons. The molecule has 4 rings (SSSR count). The first-order valence-electron chi connectivity index (χ1n) is 9.89. The number of rotatable bonds is 6. The van der Waals surface area contributed by atoms with Gasteiger partial charge < -0.3 is 19.6 Å². The van der Waals surface area contributed by atoms with Gasteiger partial charge in [-0.2, -0.15) is 10.1 Å². The molecule has 2 N–H and O–H groups in total. The van der Waals surface area contributed by atoms with Crippen LogP contribution in [-0.2, 0) is 16.1 Å². The summed E-state index contributed by atoms with van der Waals surface area (Å²) in [5.41, 5.74) is 8.52. The van der Waals surface area contributed by atoms with Gasteiger partial charge in [0.2, 0.25) is 5.71 Å². The number of ether oxygens (including phenoxy) is 2. The Morgan fingerprint density at radius 3 is 2.47 bits per heavy atom. The number of aromatic nitrogens is 4. The van der Waals surface area contributed by atoms with E-state index >= 15 is 0 Å². The number of carbonyl (C=O) groups excluding carboxylic acids is 2. The van der Waals surface area contributed by atoms with Crippen LogP contribution in [0.3, 0.4) is 0 Å². The number of fused-ring (bicyclic) bond motifs is 1. The van der Waals surface area contributed by atoms with Crippen LogP contribution in [0.5, 0.6) is 0 Å². The highest BCUT2D eigenvalue weighted by Crippen LogP contribution is 2.29. The molecular weight excluding hydrogens is 414 g/mol. The number of aryl methyl sites for hydroxylation is 2. The smallest absolute Gasteiger partial charge is 0.342 e. The van der Waals surface area contributed by atoms with Crippen LogP contribution in [0, 0.1) is 13.8 Å². The molecule has 0 unspecified atom stereocenters. The fourth-order valence-corrected chi connectivity index (χ4v) is 3.29. The lowest BCUT2D eigenvalue weighted by Crippen LogP contribution is -2.10. The number of nitrogens with zero attached hydrogens (tertiary/aromatic N) is 4. The van der Waals surface area contributed by atoms with E-state index in [1.54, 1.807) is 49.0 Å². The standard InChI is InChI=1S/C22H21N5O5/c1-4-30-22(29)17-13(3)32-20-18(17)19(23)25-16(26-20)11-31-21(28)14-5-7-15(8-6-14)27-12(2)9-10-24-27/h5-10H,4,11H2,1-3H3,(H2,23,25,26). The predicted molar refractivity (Wildman–Crippen MR) is 114 cm³/mol. The fourth-order valence-electron chi connectivity index (χ4n) is 3.29. The summed E-state index contributed by atoms with van der Waals surface area (Å²) in [6.07, 6.45) is 1.70. The van der Waals surface area contributed by atoms with Gasteiger partial charge in [-0.1, -0.05) is 0 Å². The second-order valence-corrected chi connectivity index (χ2v) is 6.97. The highest BCUT2D eigenvalue weighted by molar-refractivity contribution is 6.07. The van der Waals surface area contributed by atoms with Gasteiger partial charge in [0.1, 0.15) is 17.1 Å². The first-order chi connectivity index (χ1) is 15.4. The zero-order chi connectivity index (χ0) is 22.8. The van der Waals surface area contributed by atoms with Crippen molar-refractivity contribution in [3.05, 3.63) is 64.9 Å². The summed E-state index contributed by atoms with van der Waals surface area (Å²) in [7, 11) is 0. The number of hydrogen-bond acceptors (Lipinski definition) is 9. The van der Waals surface area contributed by atoms with Crippen LogP contribution in [-0.4, -0.2) is 38.3 Å². The van der Waals surface area contributed by atoms with E-state index in [1.165, 1.54) is 0 Å². The third kappa shape index (κ3) is 3.89. The highest BCUT2D eigenvalue weighted by atomic mass is 16.5. The molecule has 0 saturated heterocycles. The highest BCUT2D eigenvalue weighted by Gasteiger charge is 2.24. The van der Waals surface area contributed by atoms with E-state index in [1.807, 2.05) is 13.0 Å². The van der Waals surface area contributed by atoms with Gasteiger partial charge in [-0.15, -0.1) is 0 Å². The molecule has 0 spiro atoms. The average molecular weight is 435 g/mol. The van der Waals surface area contributed by atoms with Gasteiger partial charge in [-0.25, -0.2) is 19.3 Å². The van der Waals surface area contributed by atoms with Gasteiger partial charge in [0.15, 0.2) is 12.4 Å². The summed E-state index contributed by atoms with van der Waals surface area (Å²) in [6, 6.07) is 8.75. The van der Waals surface area contributed by atoms with Crippen molar-refractivity contribution in [2.45, 2.75) is 27.4 Å². The lowest BCUT2D eigenvalue weighted by Gasteiger charge is -2.07. The number of hydrogen-bond donors (Lipinski definition) is 1. The maximum atomic E-state index is 12.4. The summed E-state index contributed by atoms with van der Waals surface area (Å²) in [5.74, 6) is -0.594. The molecule has 0 aliphatic carbocycles. The molecule has 10 nitrogen and oxygen atoms in total. The summed E-state index contributed by atoms with van der Waals surface area (Å²) in [5, 5.41) is 4.51. The van der Waals surface area contributed by atoms with Gasteiger partial charge in [-0.05, 0) is 51.1 Å². The van der Waals surface area contributed by atoms with Gasteiger partial charge >= 0.3 is 11.9 Å². The molecule has 3 aromatic heterocycles. The maximum absolute atomic E-state index is 12.4. The predicted octanol–water partition coefficient (Wildman–Crippen LogP) is 3.14. The lowest BCUT2D eigenvalue weighted by atomic mass is 10.2. The van der Waals surface area contributed by atoms with Crippen LogP contribution in [0.1, 0.15) is 44.9 Å². The number of benzene rings is 1. The summed E-state index contributed by atoms with van der Waals surface area (Å²) >= 11 is 0. The molecular formula is C22H21N5O5. The zero-order valence-corrected chi connectivity index (χ0v) is 17.8. The molecule has 0 radical (unpaired) electrons. The summed E-state index contributed by atoms with van der Waals surface area (Å²) < 4.78 is 17.7. The molecule has 0 saturated carbocycles. The van der Waals surface area contributed by atoms with Crippen LogP contribution < -0.4 is 5.73 Å². The molecule has 0 aliphatic heterocycles. The Balaban J connectivity index is 1.50. The Kier molecular flexibility index (Phi) is 5.59. The number of furan rings is 1. The second-order valence-electron chi connectivity index (χ2n) is 6.97. The first kappa shape index (κ1) is 21.0. The van der Waals surface area contributed by atoms with Gasteiger partial charge in [-0.3, -0.25) is 0 Å². The van der Waals surface area contributed by atoms with Crippen LogP contribution in [0.25, 0.3) is 16.8 Å². The van der Waals surface area contributed by atoms with E-state index in [-0.39, 0.29) is 41.5 Å². The van der Waals surface area contributed by atoms with Crippen LogP contribution >= 0.6 is 0 Å². The Hall–Kier alpha value is -4.21. The van der Waals surface area contributed by atoms with Crippen LogP contribution in [0.15, 0.2) is 40.9 Å². The SMILES string of the molecule is CCOC(=O)c1c(C)oc2nc(COC(=O)c3ccc(-n4nccc4C)cc3)nc(N)c12. The Labute approximate surface area is 183 Å². The van der Waals surface area contributed by atoms with E-state index < -0.39 is 11.9 Å². The number of nitrogens with two attached hydrogens (primary N) is 1. The van der Waals surface area contributed by atoms with Crippen LogP contribution in [0.4, 0.5) is 5.82 Å². The summed E-state index contributed by atoms with van der Waals surface area (Å²) in [4.78, 5) is 33.0. The number of anilines is 1. The lowest BCUT2D eigenvalue weighted by molar-refractivity contribution is 0.0461. The Bertz CT molecular complexity index is 1310. The van der Waals surface area contributed by atoms with Crippen molar-refractivity contribution >= 4 is 28.9 Å². The molecule has 4 aromatic rings. The number of carbonyl (C=O) groups is 2. The minimum Gasteiger partial charge on any atom is -0.462 e. The van der Waals surface area contributed by atoms with E-state index in [4.69, 9.17) is 19.6 Å². The maximum Gasteiger partial charge on any atom is 0.342 e. The normalized spacial score (nSPS) is 11.0. The average Bonchev–Trinajstić information content (AvgIpc) is 3.35. The van der Waals surface area contributed by atoms with Crippen LogP contribution in [0.2, 0.25) is 0 Å². The van der Waals surface area contributed by atoms with Crippen molar-refractivity contribution in [3.63, 3.8) is 0 Å². The molecule has 0 atom stereocenters. The second kappa shape index (κ2) is 8.50.